The maximum Gasteiger partial charge on any atom is 0.133 e. The van der Waals surface area contributed by atoms with E-state index in [2.05, 4.69) is 25.2 Å². The predicted octanol–water partition coefficient (Wildman–Crippen LogP) is 2.54. The quantitative estimate of drug-likeness (QED) is 0.862. The van der Waals surface area contributed by atoms with Crippen LogP contribution < -0.4 is 0 Å². The van der Waals surface area contributed by atoms with Crippen LogP contribution in [-0.2, 0) is 6.54 Å². The summed E-state index contributed by atoms with van der Waals surface area (Å²) in [6.07, 6.45) is 1.15. The average molecular weight is 274 g/mol. The first-order valence-electron chi connectivity index (χ1n) is 6.62. The first-order valence-corrected chi connectivity index (χ1v) is 7.56. The molecule has 3 rings (SSSR count). The van der Waals surface area contributed by atoms with Crippen LogP contribution in [0.25, 0.3) is 0 Å². The van der Waals surface area contributed by atoms with Crippen LogP contribution in [0.4, 0.5) is 0 Å². The number of hydrogen-bond donors (Lipinski definition) is 0. The monoisotopic (exact) mass is 274 g/mol. The summed E-state index contributed by atoms with van der Waals surface area (Å²) in [6.45, 7) is 7.18. The normalized spacial score (nSPS) is 20.0. The van der Waals surface area contributed by atoms with Crippen LogP contribution in [0.3, 0.4) is 0 Å². The summed E-state index contributed by atoms with van der Waals surface area (Å²) in [4.78, 5) is 16.0. The summed E-state index contributed by atoms with van der Waals surface area (Å²) < 4.78 is 0. The van der Waals surface area contributed by atoms with Crippen LogP contribution in [0.2, 0.25) is 0 Å². The predicted molar refractivity (Wildman–Crippen MR) is 76.3 cm³/mol. The fraction of sp³-hybridized carbons (Fsp3) is 0.500. The zero-order valence-corrected chi connectivity index (χ0v) is 12.2. The van der Waals surface area contributed by atoms with Crippen molar-refractivity contribution in [2.24, 2.45) is 0 Å². The summed E-state index contributed by atoms with van der Waals surface area (Å²) in [7, 11) is 0. The Morgan fingerprint density at radius 3 is 2.79 bits per heavy atom. The molecular weight excluding hydrogens is 256 g/mol. The Labute approximate surface area is 117 Å². The van der Waals surface area contributed by atoms with Crippen molar-refractivity contribution in [2.75, 3.05) is 13.1 Å². The van der Waals surface area contributed by atoms with Gasteiger partial charge in [-0.05, 0) is 32.9 Å². The van der Waals surface area contributed by atoms with E-state index in [4.69, 9.17) is 0 Å². The standard InChI is InChI=1S/C14H18N4S/c1-10-5-11(2)17-14(16-10)12-3-4-18(6-12)7-13-8-19-9-15-13/h5,8-9,12H,3-4,6-7H2,1-2H3. The highest BCUT2D eigenvalue weighted by Gasteiger charge is 2.26. The van der Waals surface area contributed by atoms with E-state index < -0.39 is 0 Å². The highest BCUT2D eigenvalue weighted by Crippen LogP contribution is 2.26. The van der Waals surface area contributed by atoms with Crippen molar-refractivity contribution in [3.63, 3.8) is 0 Å². The maximum atomic E-state index is 4.60. The molecular formula is C14H18N4S. The molecule has 1 unspecified atom stereocenters. The lowest BCUT2D eigenvalue weighted by atomic mass is 10.1. The van der Waals surface area contributed by atoms with Crippen LogP contribution in [-0.4, -0.2) is 32.9 Å². The number of likely N-dealkylation sites (tertiary alicyclic amines) is 1. The summed E-state index contributed by atoms with van der Waals surface area (Å²) in [6, 6.07) is 2.03. The van der Waals surface area contributed by atoms with Crippen LogP contribution in [0.1, 0.15) is 35.2 Å². The van der Waals surface area contributed by atoms with Crippen molar-refractivity contribution in [2.45, 2.75) is 32.7 Å². The highest BCUT2D eigenvalue weighted by molar-refractivity contribution is 7.07. The Bertz CT molecular complexity index is 532. The van der Waals surface area contributed by atoms with Gasteiger partial charge in [0.2, 0.25) is 0 Å². The number of nitrogens with zero attached hydrogens (tertiary/aromatic N) is 4. The number of aryl methyl sites for hydroxylation is 2. The molecule has 2 aromatic heterocycles. The number of rotatable bonds is 3. The van der Waals surface area contributed by atoms with E-state index in [1.807, 2.05) is 25.4 Å². The van der Waals surface area contributed by atoms with Crippen molar-refractivity contribution in [3.05, 3.63) is 39.9 Å². The van der Waals surface area contributed by atoms with Crippen LogP contribution >= 0.6 is 11.3 Å². The molecule has 4 nitrogen and oxygen atoms in total. The van der Waals surface area contributed by atoms with Gasteiger partial charge in [-0.3, -0.25) is 4.90 Å². The van der Waals surface area contributed by atoms with E-state index in [1.165, 1.54) is 5.69 Å². The fourth-order valence-corrected chi connectivity index (χ4v) is 3.22. The van der Waals surface area contributed by atoms with Crippen molar-refractivity contribution in [1.82, 2.24) is 19.9 Å². The molecule has 100 valence electrons. The smallest absolute Gasteiger partial charge is 0.133 e. The largest absolute Gasteiger partial charge is 0.297 e. The third kappa shape index (κ3) is 2.98. The Hall–Kier alpha value is -1.33. The van der Waals surface area contributed by atoms with Crippen LogP contribution in [0, 0.1) is 13.8 Å². The third-order valence-corrected chi connectivity index (χ3v) is 4.14. The van der Waals surface area contributed by atoms with Crippen molar-refractivity contribution >= 4 is 11.3 Å². The van der Waals surface area contributed by atoms with Gasteiger partial charge in [0.05, 0.1) is 11.2 Å². The van der Waals surface area contributed by atoms with E-state index in [1.54, 1.807) is 11.3 Å². The average Bonchev–Trinajstić information content (AvgIpc) is 2.99. The molecule has 1 aliphatic rings. The fourth-order valence-electron chi connectivity index (χ4n) is 2.67. The molecule has 3 heterocycles. The second-order valence-electron chi connectivity index (χ2n) is 5.21. The molecule has 0 saturated carbocycles. The molecule has 0 spiro atoms. The van der Waals surface area contributed by atoms with E-state index in [9.17, 15) is 0 Å². The molecule has 1 saturated heterocycles. The van der Waals surface area contributed by atoms with E-state index in [0.717, 1.165) is 43.3 Å². The Morgan fingerprint density at radius 1 is 1.32 bits per heavy atom. The topological polar surface area (TPSA) is 41.9 Å². The molecule has 5 heteroatoms. The Balaban J connectivity index is 1.68. The van der Waals surface area contributed by atoms with Gasteiger partial charge >= 0.3 is 0 Å². The van der Waals surface area contributed by atoms with Gasteiger partial charge < -0.3 is 0 Å². The molecule has 0 aliphatic carbocycles. The van der Waals surface area contributed by atoms with Gasteiger partial charge in [-0.2, -0.15) is 0 Å². The van der Waals surface area contributed by atoms with E-state index in [-0.39, 0.29) is 0 Å². The zero-order valence-electron chi connectivity index (χ0n) is 11.3. The number of aromatic nitrogens is 3. The minimum atomic E-state index is 0.470. The SMILES string of the molecule is Cc1cc(C)nc(C2CCN(Cc3cscn3)C2)n1. The minimum absolute atomic E-state index is 0.470. The van der Waals surface area contributed by atoms with E-state index >= 15 is 0 Å². The van der Waals surface area contributed by atoms with Gasteiger partial charge in [0.25, 0.3) is 0 Å². The molecule has 19 heavy (non-hydrogen) atoms. The molecule has 2 aromatic rings. The third-order valence-electron chi connectivity index (χ3n) is 3.51. The van der Waals surface area contributed by atoms with Crippen LogP contribution in [0.5, 0.6) is 0 Å². The van der Waals surface area contributed by atoms with Crippen molar-refractivity contribution in [1.29, 1.82) is 0 Å². The van der Waals surface area contributed by atoms with Gasteiger partial charge in [-0.15, -0.1) is 11.3 Å². The van der Waals surface area contributed by atoms with Crippen molar-refractivity contribution in [3.8, 4) is 0 Å². The summed E-state index contributed by atoms with van der Waals surface area (Å²) in [5.74, 6) is 1.48. The molecule has 1 atom stereocenters. The summed E-state index contributed by atoms with van der Waals surface area (Å²) >= 11 is 1.66. The molecule has 1 fully saturated rings. The van der Waals surface area contributed by atoms with Gasteiger partial charge in [0, 0.05) is 35.8 Å². The highest BCUT2D eigenvalue weighted by atomic mass is 32.1. The molecule has 0 N–H and O–H groups in total. The van der Waals surface area contributed by atoms with Gasteiger partial charge in [0.1, 0.15) is 5.82 Å². The van der Waals surface area contributed by atoms with Crippen molar-refractivity contribution < 1.29 is 0 Å². The Kier molecular flexibility index (Phi) is 3.57. The van der Waals surface area contributed by atoms with Crippen LogP contribution in [0.15, 0.2) is 17.0 Å². The second-order valence-corrected chi connectivity index (χ2v) is 5.93. The summed E-state index contributed by atoms with van der Waals surface area (Å²) in [5.41, 5.74) is 5.21. The molecule has 1 aliphatic heterocycles. The zero-order chi connectivity index (χ0) is 13.2. The minimum Gasteiger partial charge on any atom is -0.297 e. The lowest BCUT2D eigenvalue weighted by Gasteiger charge is -2.14. The first-order chi connectivity index (χ1) is 9.20. The molecule has 0 aromatic carbocycles. The molecule has 0 bridgehead atoms. The first kappa shape index (κ1) is 12.7. The van der Waals surface area contributed by atoms with Gasteiger partial charge in [0.15, 0.2) is 0 Å². The van der Waals surface area contributed by atoms with Gasteiger partial charge in [-0.25, -0.2) is 15.0 Å². The lowest BCUT2D eigenvalue weighted by molar-refractivity contribution is 0.322. The number of thiazole rings is 1. The van der Waals surface area contributed by atoms with Gasteiger partial charge in [-0.1, -0.05) is 0 Å². The second kappa shape index (κ2) is 5.35. The molecule has 0 amide bonds. The maximum absolute atomic E-state index is 4.60. The lowest BCUT2D eigenvalue weighted by Crippen LogP contribution is -2.20. The number of hydrogen-bond acceptors (Lipinski definition) is 5. The van der Waals surface area contributed by atoms with E-state index in [0.29, 0.717) is 5.92 Å². The Morgan fingerprint density at radius 2 is 2.11 bits per heavy atom. The summed E-state index contributed by atoms with van der Waals surface area (Å²) in [5, 5.41) is 2.13. The molecule has 0 radical (unpaired) electrons.